The van der Waals surface area contributed by atoms with Crippen LogP contribution in [0.3, 0.4) is 0 Å². The van der Waals surface area contributed by atoms with Crippen molar-refractivity contribution in [1.29, 1.82) is 0 Å². The van der Waals surface area contributed by atoms with Gasteiger partial charge in [-0.1, -0.05) is 42.1 Å². The van der Waals surface area contributed by atoms with Crippen LogP contribution in [0.15, 0.2) is 64.3 Å². The zero-order chi connectivity index (χ0) is 22.0. The summed E-state index contributed by atoms with van der Waals surface area (Å²) in [6.45, 7) is 0. The smallest absolute Gasteiger partial charge is 0.353 e. The van der Waals surface area contributed by atoms with Crippen LogP contribution in [0, 0.1) is 0 Å². The molecule has 1 fully saturated rings. The molecule has 0 spiro atoms. The number of β-lactam (4-membered cyclic amide) rings is 1. The van der Waals surface area contributed by atoms with E-state index in [9.17, 15) is 19.5 Å². The third-order valence-electron chi connectivity index (χ3n) is 4.90. The van der Waals surface area contributed by atoms with E-state index in [0.29, 0.717) is 10.7 Å². The number of hydrogen-bond acceptors (Lipinski definition) is 6. The Labute approximate surface area is 192 Å². The van der Waals surface area contributed by atoms with E-state index in [0.717, 1.165) is 16.0 Å². The number of aromatic nitrogens is 1. The molecule has 0 unspecified atom stereocenters. The van der Waals surface area contributed by atoms with Gasteiger partial charge in [-0.05, 0) is 17.2 Å². The molecule has 10 heteroatoms. The summed E-state index contributed by atoms with van der Waals surface area (Å²) in [6.07, 6.45) is 3.42. The minimum Gasteiger partial charge on any atom is -0.477 e. The Hall–Kier alpha value is -2.49. The average molecular weight is 476 g/mol. The third kappa shape index (κ3) is 4.44. The minimum absolute atomic E-state index is 0.0374. The average Bonchev–Trinajstić information content (AvgIpc) is 2.78. The molecule has 2 aliphatic rings. The molecule has 0 aliphatic carbocycles. The molecule has 7 nitrogen and oxygen atoms in total. The number of amides is 2. The van der Waals surface area contributed by atoms with Gasteiger partial charge in [0.2, 0.25) is 5.91 Å². The number of rotatable bonds is 7. The maximum atomic E-state index is 12.8. The van der Waals surface area contributed by atoms with Gasteiger partial charge in [-0.15, -0.1) is 23.4 Å². The van der Waals surface area contributed by atoms with Crippen molar-refractivity contribution in [3.05, 3.63) is 70.5 Å². The van der Waals surface area contributed by atoms with Crippen LogP contribution < -0.4 is 5.32 Å². The number of carboxylic acids is 1. The molecule has 4 rings (SSSR count). The standard InChI is InChI=1S/C21H18ClN3O4S2/c22-9-13-10-23-7-6-14(13)31-15-11-30-20-17(19(27)25(20)18(15)21(28)29)24-16(26)8-12-4-2-1-3-5-12/h1-7,10,17,20H,8-9,11H2,(H,24,26)(H,28,29)/t17-,20-/m1/s1. The Bertz CT molecular complexity index is 1060. The number of benzene rings is 1. The molecule has 2 aromatic rings. The van der Waals surface area contributed by atoms with Crippen LogP contribution >= 0.6 is 35.1 Å². The van der Waals surface area contributed by atoms with Gasteiger partial charge in [0.15, 0.2) is 0 Å². The van der Waals surface area contributed by atoms with Crippen molar-refractivity contribution in [3.63, 3.8) is 0 Å². The summed E-state index contributed by atoms with van der Waals surface area (Å²) in [5.74, 6) is -1.19. The van der Waals surface area contributed by atoms with Gasteiger partial charge in [0.05, 0.1) is 12.3 Å². The molecule has 0 radical (unpaired) electrons. The van der Waals surface area contributed by atoms with E-state index in [1.807, 2.05) is 30.3 Å². The quantitative estimate of drug-likeness (QED) is 0.469. The number of alkyl halides is 1. The third-order valence-corrected chi connectivity index (χ3v) is 7.85. The predicted molar refractivity (Wildman–Crippen MR) is 119 cm³/mol. The molecule has 160 valence electrons. The fourth-order valence-electron chi connectivity index (χ4n) is 3.42. The Kier molecular flexibility index (Phi) is 6.54. The number of fused-ring (bicyclic) bond motifs is 1. The van der Waals surface area contributed by atoms with Crippen LogP contribution in [0.25, 0.3) is 0 Å². The Morgan fingerprint density at radius 3 is 2.77 bits per heavy atom. The Morgan fingerprint density at radius 2 is 2.06 bits per heavy atom. The van der Waals surface area contributed by atoms with Crippen LogP contribution in [-0.4, -0.2) is 49.9 Å². The maximum absolute atomic E-state index is 12.8. The molecule has 2 atom stereocenters. The lowest BCUT2D eigenvalue weighted by Gasteiger charge is -2.49. The summed E-state index contributed by atoms with van der Waals surface area (Å²) in [6, 6.07) is 10.3. The topological polar surface area (TPSA) is 99.6 Å². The number of nitrogens with one attached hydrogen (secondary N) is 1. The molecule has 2 N–H and O–H groups in total. The summed E-state index contributed by atoms with van der Waals surface area (Å²) < 4.78 is 0. The van der Waals surface area contributed by atoms with Crippen molar-refractivity contribution in [3.8, 4) is 0 Å². The minimum atomic E-state index is -1.17. The second-order valence-electron chi connectivity index (χ2n) is 6.91. The first-order valence-electron chi connectivity index (χ1n) is 9.40. The van der Waals surface area contributed by atoms with Crippen molar-refractivity contribution >= 4 is 52.9 Å². The number of aliphatic carboxylic acids is 1. The molecule has 0 saturated carbocycles. The lowest BCUT2D eigenvalue weighted by atomic mass is 10.0. The van der Waals surface area contributed by atoms with Gasteiger partial charge in [0.25, 0.3) is 5.91 Å². The maximum Gasteiger partial charge on any atom is 0.353 e. The van der Waals surface area contributed by atoms with E-state index >= 15 is 0 Å². The van der Waals surface area contributed by atoms with E-state index in [2.05, 4.69) is 10.3 Å². The second kappa shape index (κ2) is 9.33. The van der Waals surface area contributed by atoms with Gasteiger partial charge < -0.3 is 10.4 Å². The summed E-state index contributed by atoms with van der Waals surface area (Å²) in [5, 5.41) is 12.1. The van der Waals surface area contributed by atoms with Gasteiger partial charge in [0, 0.05) is 27.9 Å². The summed E-state index contributed by atoms with van der Waals surface area (Å²) >= 11 is 8.68. The zero-order valence-electron chi connectivity index (χ0n) is 16.2. The highest BCUT2D eigenvalue weighted by atomic mass is 35.5. The molecule has 3 heterocycles. The molecule has 2 amide bonds. The molecular weight excluding hydrogens is 458 g/mol. The fourth-order valence-corrected chi connectivity index (χ4v) is 6.28. The first-order valence-corrected chi connectivity index (χ1v) is 11.8. The fraction of sp³-hybridized carbons (Fsp3) is 0.238. The molecule has 1 aromatic heterocycles. The lowest BCUT2D eigenvalue weighted by molar-refractivity contribution is -0.150. The monoisotopic (exact) mass is 475 g/mol. The first-order chi connectivity index (χ1) is 15.0. The number of nitrogens with zero attached hydrogens (tertiary/aromatic N) is 2. The van der Waals surface area contributed by atoms with Gasteiger partial charge >= 0.3 is 5.97 Å². The number of hydrogen-bond donors (Lipinski definition) is 2. The number of carboxylic acid groups (broad SMARTS) is 1. The van der Waals surface area contributed by atoms with Crippen LogP contribution in [0.2, 0.25) is 0 Å². The highest BCUT2D eigenvalue weighted by Gasteiger charge is 2.54. The molecule has 0 bridgehead atoms. The SMILES string of the molecule is O=C(Cc1ccccc1)N[C@@H]1C(=O)N2C(C(=O)O)=C(Sc3ccncc3CCl)CS[C@H]12. The molecular formula is C21H18ClN3O4S2. The molecule has 2 aliphatic heterocycles. The molecule has 31 heavy (non-hydrogen) atoms. The Morgan fingerprint density at radius 1 is 1.29 bits per heavy atom. The molecule has 1 aromatic carbocycles. The van der Waals surface area contributed by atoms with Crippen molar-refractivity contribution in [2.24, 2.45) is 0 Å². The van der Waals surface area contributed by atoms with E-state index in [-0.39, 0.29) is 23.9 Å². The molecule has 1 saturated heterocycles. The van der Waals surface area contributed by atoms with Gasteiger partial charge in [-0.25, -0.2) is 4.79 Å². The van der Waals surface area contributed by atoms with Crippen molar-refractivity contribution in [2.45, 2.75) is 28.6 Å². The van der Waals surface area contributed by atoms with E-state index in [4.69, 9.17) is 11.6 Å². The summed E-state index contributed by atoms with van der Waals surface area (Å²) in [4.78, 5) is 43.9. The largest absolute Gasteiger partial charge is 0.477 e. The van der Waals surface area contributed by atoms with Crippen LogP contribution in [0.4, 0.5) is 0 Å². The first kappa shape index (κ1) is 21.7. The van der Waals surface area contributed by atoms with Crippen LogP contribution in [-0.2, 0) is 26.7 Å². The summed E-state index contributed by atoms with van der Waals surface area (Å²) in [5.41, 5.74) is 1.60. The predicted octanol–water partition coefficient (Wildman–Crippen LogP) is 2.85. The number of halogens is 1. The van der Waals surface area contributed by atoms with Gasteiger partial charge in [-0.3, -0.25) is 19.5 Å². The Balaban J connectivity index is 1.50. The number of thioether (sulfide) groups is 2. The highest BCUT2D eigenvalue weighted by Crippen LogP contribution is 2.45. The highest BCUT2D eigenvalue weighted by molar-refractivity contribution is 8.06. The van der Waals surface area contributed by atoms with Gasteiger partial charge in [-0.2, -0.15) is 0 Å². The second-order valence-corrected chi connectivity index (χ2v) is 9.42. The lowest BCUT2D eigenvalue weighted by Crippen LogP contribution is -2.70. The van der Waals surface area contributed by atoms with Crippen LogP contribution in [0.5, 0.6) is 0 Å². The zero-order valence-corrected chi connectivity index (χ0v) is 18.5. The summed E-state index contributed by atoms with van der Waals surface area (Å²) in [7, 11) is 0. The van der Waals surface area contributed by atoms with Crippen molar-refractivity contribution < 1.29 is 19.5 Å². The van der Waals surface area contributed by atoms with Crippen LogP contribution in [0.1, 0.15) is 11.1 Å². The number of carbonyl (C=O) groups excluding carboxylic acids is 2. The number of pyridine rings is 1. The van der Waals surface area contributed by atoms with E-state index in [1.165, 1.54) is 28.4 Å². The normalized spacial score (nSPS) is 20.2. The van der Waals surface area contributed by atoms with E-state index in [1.54, 1.807) is 18.5 Å². The number of carbonyl (C=O) groups is 3. The van der Waals surface area contributed by atoms with Crippen molar-refractivity contribution in [2.75, 3.05) is 5.75 Å². The van der Waals surface area contributed by atoms with Crippen molar-refractivity contribution in [1.82, 2.24) is 15.2 Å². The van der Waals surface area contributed by atoms with Gasteiger partial charge in [0.1, 0.15) is 17.1 Å². The van der Waals surface area contributed by atoms with E-state index < -0.39 is 23.3 Å².